The van der Waals surface area contributed by atoms with Crippen LogP contribution in [-0.2, 0) is 4.74 Å². The molecule has 1 aromatic heterocycles. The van der Waals surface area contributed by atoms with Gasteiger partial charge in [-0.15, -0.1) is 0 Å². The fourth-order valence-electron chi connectivity index (χ4n) is 2.14. The van der Waals surface area contributed by atoms with E-state index in [2.05, 4.69) is 5.32 Å². The van der Waals surface area contributed by atoms with Crippen molar-refractivity contribution in [1.29, 1.82) is 0 Å². The average molecular weight is 336 g/mol. The Morgan fingerprint density at radius 3 is 2.52 bits per heavy atom. The van der Waals surface area contributed by atoms with Crippen LogP contribution < -0.4 is 5.32 Å². The van der Waals surface area contributed by atoms with Crippen molar-refractivity contribution in [2.24, 2.45) is 0 Å². The van der Waals surface area contributed by atoms with E-state index >= 15 is 0 Å². The summed E-state index contributed by atoms with van der Waals surface area (Å²) in [4.78, 5) is 24.4. The van der Waals surface area contributed by atoms with Gasteiger partial charge in [-0.2, -0.15) is 0 Å². The fraction of sp³-hybridized carbons (Fsp3) is 0.294. The molecule has 2 rings (SSSR count). The lowest BCUT2D eigenvalue weighted by molar-refractivity contribution is 0.0378. The first-order valence-electron chi connectivity index (χ1n) is 7.16. The van der Waals surface area contributed by atoms with Gasteiger partial charge in [-0.3, -0.25) is 4.79 Å². The van der Waals surface area contributed by atoms with Crippen molar-refractivity contribution in [3.63, 3.8) is 0 Å². The number of carbonyl (C=O) groups excluding carboxylic acids is 2. The normalized spacial score (nSPS) is 10.7. The molecule has 1 aromatic carbocycles. The van der Waals surface area contributed by atoms with E-state index in [0.29, 0.717) is 17.0 Å². The molecule has 122 valence electrons. The first kappa shape index (κ1) is 17.1. The van der Waals surface area contributed by atoms with Crippen LogP contribution in [0.1, 0.15) is 45.9 Å². The highest BCUT2D eigenvalue weighted by Gasteiger charge is 2.18. The number of hydrogen-bond acceptors (Lipinski definition) is 4. The van der Waals surface area contributed by atoms with E-state index in [1.165, 1.54) is 12.3 Å². The van der Waals surface area contributed by atoms with E-state index in [1.807, 2.05) is 0 Å². The number of anilines is 1. The largest absolute Gasteiger partial charge is 0.469 e. The topological polar surface area (TPSA) is 68.5 Å². The molecule has 23 heavy (non-hydrogen) atoms. The van der Waals surface area contributed by atoms with Gasteiger partial charge in [-0.05, 0) is 45.9 Å². The predicted octanol–water partition coefficient (Wildman–Crippen LogP) is 4.37. The Morgan fingerprint density at radius 2 is 1.96 bits per heavy atom. The van der Waals surface area contributed by atoms with E-state index in [4.69, 9.17) is 20.8 Å². The van der Waals surface area contributed by atoms with Crippen molar-refractivity contribution in [1.82, 2.24) is 0 Å². The first-order valence-corrected chi connectivity index (χ1v) is 7.54. The number of hydrogen-bond donors (Lipinski definition) is 1. The van der Waals surface area contributed by atoms with Crippen molar-refractivity contribution < 1.29 is 18.7 Å². The Morgan fingerprint density at radius 1 is 1.26 bits per heavy atom. The SMILES string of the molecule is Cc1coc(C)c1C(=O)Nc1ccc(Cl)c(C(=O)OC(C)C)c1. The molecule has 6 heteroatoms. The number of rotatable bonds is 4. The highest BCUT2D eigenvalue weighted by atomic mass is 35.5. The van der Waals surface area contributed by atoms with Gasteiger partial charge in [0, 0.05) is 11.3 Å². The van der Waals surface area contributed by atoms with Gasteiger partial charge in [-0.25, -0.2) is 4.79 Å². The summed E-state index contributed by atoms with van der Waals surface area (Å²) in [6, 6.07) is 4.66. The van der Waals surface area contributed by atoms with Gasteiger partial charge in [0.2, 0.25) is 0 Å². The Labute approximate surface area is 139 Å². The molecule has 1 N–H and O–H groups in total. The van der Waals surface area contributed by atoms with Crippen molar-refractivity contribution in [2.75, 3.05) is 5.32 Å². The molecule has 2 aromatic rings. The summed E-state index contributed by atoms with van der Waals surface area (Å²) in [6.07, 6.45) is 1.27. The van der Waals surface area contributed by atoms with Crippen molar-refractivity contribution >= 4 is 29.2 Å². The summed E-state index contributed by atoms with van der Waals surface area (Å²) >= 11 is 6.03. The van der Waals surface area contributed by atoms with Crippen LogP contribution in [0, 0.1) is 13.8 Å². The zero-order valence-electron chi connectivity index (χ0n) is 13.4. The monoisotopic (exact) mass is 335 g/mol. The van der Waals surface area contributed by atoms with Crippen LogP contribution in [0.5, 0.6) is 0 Å². The van der Waals surface area contributed by atoms with Crippen molar-refractivity contribution in [3.05, 3.63) is 51.9 Å². The molecule has 0 aliphatic heterocycles. The quantitative estimate of drug-likeness (QED) is 0.842. The molecule has 0 saturated carbocycles. The molecule has 0 atom stereocenters. The van der Waals surface area contributed by atoms with Crippen LogP contribution in [-0.4, -0.2) is 18.0 Å². The summed E-state index contributed by atoms with van der Waals surface area (Å²) in [6.45, 7) is 7.01. The number of esters is 1. The second-order valence-electron chi connectivity index (χ2n) is 5.45. The summed E-state index contributed by atoms with van der Waals surface area (Å²) < 4.78 is 10.4. The fourth-order valence-corrected chi connectivity index (χ4v) is 2.34. The zero-order chi connectivity index (χ0) is 17.1. The smallest absolute Gasteiger partial charge is 0.339 e. The minimum Gasteiger partial charge on any atom is -0.469 e. The molecular formula is C17H18ClNO4. The van der Waals surface area contributed by atoms with Gasteiger partial charge in [0.1, 0.15) is 5.76 Å². The van der Waals surface area contributed by atoms with Crippen LogP contribution in [0.25, 0.3) is 0 Å². The number of nitrogens with one attached hydrogen (secondary N) is 1. The van der Waals surface area contributed by atoms with Crippen molar-refractivity contribution in [2.45, 2.75) is 33.8 Å². The molecule has 1 amide bonds. The average Bonchev–Trinajstić information content (AvgIpc) is 2.79. The Kier molecular flexibility index (Phi) is 5.11. The second kappa shape index (κ2) is 6.87. The van der Waals surface area contributed by atoms with Gasteiger partial charge in [0.05, 0.1) is 28.5 Å². The van der Waals surface area contributed by atoms with Crippen LogP contribution in [0.3, 0.4) is 0 Å². The molecule has 0 bridgehead atoms. The maximum atomic E-state index is 12.3. The number of aryl methyl sites for hydroxylation is 2. The van der Waals surface area contributed by atoms with Gasteiger partial charge < -0.3 is 14.5 Å². The third kappa shape index (κ3) is 3.93. The van der Waals surface area contributed by atoms with Crippen LogP contribution in [0.2, 0.25) is 5.02 Å². The Hall–Kier alpha value is -2.27. The lowest BCUT2D eigenvalue weighted by Gasteiger charge is -2.11. The third-order valence-corrected chi connectivity index (χ3v) is 3.50. The summed E-state index contributed by atoms with van der Waals surface area (Å²) in [5, 5.41) is 3.00. The zero-order valence-corrected chi connectivity index (χ0v) is 14.2. The maximum Gasteiger partial charge on any atom is 0.339 e. The molecule has 0 aliphatic carbocycles. The van der Waals surface area contributed by atoms with Crippen LogP contribution in [0.4, 0.5) is 5.69 Å². The molecule has 1 heterocycles. The molecule has 0 spiro atoms. The van der Waals surface area contributed by atoms with Gasteiger partial charge in [0.15, 0.2) is 0 Å². The number of amides is 1. The lowest BCUT2D eigenvalue weighted by Crippen LogP contribution is -2.15. The predicted molar refractivity (Wildman–Crippen MR) is 88.1 cm³/mol. The number of ether oxygens (including phenoxy) is 1. The summed E-state index contributed by atoms with van der Waals surface area (Å²) in [5.74, 6) is -0.301. The van der Waals surface area contributed by atoms with Gasteiger partial charge in [0.25, 0.3) is 5.91 Å². The minimum atomic E-state index is -0.531. The van der Waals surface area contributed by atoms with E-state index in [0.717, 1.165) is 5.56 Å². The Balaban J connectivity index is 2.24. The summed E-state index contributed by atoms with van der Waals surface area (Å²) in [5.41, 5.74) is 1.88. The number of furan rings is 1. The Bertz CT molecular complexity index is 730. The molecule has 0 aliphatic rings. The highest BCUT2D eigenvalue weighted by Crippen LogP contribution is 2.23. The van der Waals surface area contributed by atoms with Crippen LogP contribution in [0.15, 0.2) is 28.9 Å². The molecular weight excluding hydrogens is 318 g/mol. The number of carbonyl (C=O) groups is 2. The molecule has 0 radical (unpaired) electrons. The number of benzene rings is 1. The van der Waals surface area contributed by atoms with E-state index in [9.17, 15) is 9.59 Å². The van der Waals surface area contributed by atoms with Crippen LogP contribution >= 0.6 is 11.6 Å². The van der Waals surface area contributed by atoms with E-state index in [1.54, 1.807) is 39.8 Å². The molecule has 0 unspecified atom stereocenters. The van der Waals surface area contributed by atoms with E-state index in [-0.39, 0.29) is 22.6 Å². The maximum absolute atomic E-state index is 12.3. The first-order chi connectivity index (χ1) is 10.8. The van der Waals surface area contributed by atoms with Crippen molar-refractivity contribution in [3.8, 4) is 0 Å². The molecule has 5 nitrogen and oxygen atoms in total. The lowest BCUT2D eigenvalue weighted by atomic mass is 10.1. The molecule has 0 saturated heterocycles. The molecule has 0 fully saturated rings. The second-order valence-corrected chi connectivity index (χ2v) is 5.86. The van der Waals surface area contributed by atoms with E-state index < -0.39 is 5.97 Å². The van der Waals surface area contributed by atoms with Gasteiger partial charge >= 0.3 is 5.97 Å². The third-order valence-electron chi connectivity index (χ3n) is 3.17. The minimum absolute atomic E-state index is 0.207. The summed E-state index contributed by atoms with van der Waals surface area (Å²) in [7, 11) is 0. The highest BCUT2D eigenvalue weighted by molar-refractivity contribution is 6.33. The standard InChI is InChI=1S/C17H18ClNO4/c1-9(2)23-17(21)13-7-12(5-6-14(13)18)19-16(20)15-10(3)8-22-11(15)4/h5-9H,1-4H3,(H,19,20). The van der Waals surface area contributed by atoms with Gasteiger partial charge in [-0.1, -0.05) is 11.6 Å². The number of halogens is 1.